The second kappa shape index (κ2) is 4.56. The predicted octanol–water partition coefficient (Wildman–Crippen LogP) is 3.02. The SMILES string of the molecule is c1ccc(-c2nn[nH]n2)c(-c2ccc3c(c2)CCC3)c1. The molecule has 0 radical (unpaired) electrons. The third-order valence-corrected chi connectivity index (χ3v) is 3.92. The van der Waals surface area contributed by atoms with E-state index in [0.717, 1.165) is 11.1 Å². The number of aromatic nitrogens is 4. The smallest absolute Gasteiger partial charge is 0.177 e. The average molecular weight is 262 g/mol. The third kappa shape index (κ3) is 1.81. The molecule has 4 heteroatoms. The lowest BCUT2D eigenvalue weighted by Crippen LogP contribution is -1.89. The first kappa shape index (κ1) is 11.3. The molecule has 1 N–H and O–H groups in total. The summed E-state index contributed by atoms with van der Waals surface area (Å²) < 4.78 is 0. The first-order valence-corrected chi connectivity index (χ1v) is 6.87. The Morgan fingerprint density at radius 3 is 2.60 bits per heavy atom. The van der Waals surface area contributed by atoms with Gasteiger partial charge in [0.15, 0.2) is 0 Å². The van der Waals surface area contributed by atoms with Crippen molar-refractivity contribution >= 4 is 0 Å². The number of tetrazole rings is 1. The lowest BCUT2D eigenvalue weighted by atomic mass is 9.96. The minimum atomic E-state index is 0.640. The molecular weight excluding hydrogens is 248 g/mol. The van der Waals surface area contributed by atoms with Crippen molar-refractivity contribution in [1.29, 1.82) is 0 Å². The molecule has 0 saturated carbocycles. The summed E-state index contributed by atoms with van der Waals surface area (Å²) in [5.74, 6) is 0.640. The van der Waals surface area contributed by atoms with Crippen LogP contribution in [0.5, 0.6) is 0 Å². The van der Waals surface area contributed by atoms with E-state index in [1.807, 2.05) is 18.2 Å². The summed E-state index contributed by atoms with van der Waals surface area (Å²) in [4.78, 5) is 0. The van der Waals surface area contributed by atoms with E-state index in [9.17, 15) is 0 Å². The molecule has 1 heterocycles. The summed E-state index contributed by atoms with van der Waals surface area (Å²) in [6.45, 7) is 0. The predicted molar refractivity (Wildman–Crippen MR) is 77.1 cm³/mol. The minimum absolute atomic E-state index is 0.640. The number of hydrogen-bond donors (Lipinski definition) is 1. The van der Waals surface area contributed by atoms with E-state index in [0.29, 0.717) is 5.82 Å². The standard InChI is InChI=1S/C16H14N4/c1-2-7-15(16-17-19-20-18-16)14(6-1)13-9-8-11-4-3-5-12(11)10-13/h1-2,6-10H,3-5H2,(H,17,18,19,20). The van der Waals surface area contributed by atoms with Crippen LogP contribution in [0.25, 0.3) is 22.5 Å². The molecule has 20 heavy (non-hydrogen) atoms. The van der Waals surface area contributed by atoms with Crippen LogP contribution in [0, 0.1) is 0 Å². The summed E-state index contributed by atoms with van der Waals surface area (Å²) in [6, 6.07) is 15.0. The molecule has 1 aromatic heterocycles. The van der Waals surface area contributed by atoms with Crippen molar-refractivity contribution in [3.8, 4) is 22.5 Å². The summed E-state index contributed by atoms with van der Waals surface area (Å²) in [5.41, 5.74) is 6.37. The lowest BCUT2D eigenvalue weighted by molar-refractivity contribution is 0.881. The van der Waals surface area contributed by atoms with E-state index in [-0.39, 0.29) is 0 Å². The van der Waals surface area contributed by atoms with E-state index >= 15 is 0 Å². The Morgan fingerprint density at radius 1 is 0.900 bits per heavy atom. The van der Waals surface area contributed by atoms with Gasteiger partial charge >= 0.3 is 0 Å². The van der Waals surface area contributed by atoms with Gasteiger partial charge in [-0.25, -0.2) is 0 Å². The largest absolute Gasteiger partial charge is 0.205 e. The van der Waals surface area contributed by atoms with Crippen molar-refractivity contribution in [2.45, 2.75) is 19.3 Å². The second-order valence-electron chi connectivity index (χ2n) is 5.12. The van der Waals surface area contributed by atoms with Crippen LogP contribution in [-0.2, 0) is 12.8 Å². The molecule has 0 atom stereocenters. The van der Waals surface area contributed by atoms with E-state index in [2.05, 4.69) is 44.9 Å². The Kier molecular flexibility index (Phi) is 2.59. The topological polar surface area (TPSA) is 54.5 Å². The monoisotopic (exact) mass is 262 g/mol. The highest BCUT2D eigenvalue weighted by Gasteiger charge is 2.14. The Morgan fingerprint density at radius 2 is 1.75 bits per heavy atom. The van der Waals surface area contributed by atoms with Gasteiger partial charge in [0, 0.05) is 5.56 Å². The number of aryl methyl sites for hydroxylation is 2. The number of fused-ring (bicyclic) bond motifs is 1. The molecule has 1 aliphatic rings. The molecule has 2 aromatic carbocycles. The molecule has 0 aliphatic heterocycles. The van der Waals surface area contributed by atoms with Crippen molar-refractivity contribution in [1.82, 2.24) is 20.6 Å². The van der Waals surface area contributed by atoms with Crippen LogP contribution in [-0.4, -0.2) is 20.6 Å². The van der Waals surface area contributed by atoms with Gasteiger partial charge in [0.25, 0.3) is 0 Å². The first-order chi connectivity index (χ1) is 9.92. The number of aromatic amines is 1. The Bertz CT molecular complexity index is 747. The van der Waals surface area contributed by atoms with Crippen LogP contribution in [0.15, 0.2) is 42.5 Å². The summed E-state index contributed by atoms with van der Waals surface area (Å²) in [6.07, 6.45) is 3.67. The van der Waals surface area contributed by atoms with Gasteiger partial charge in [0.05, 0.1) is 0 Å². The fourth-order valence-corrected chi connectivity index (χ4v) is 2.95. The zero-order valence-electron chi connectivity index (χ0n) is 11.0. The Balaban J connectivity index is 1.87. The van der Waals surface area contributed by atoms with Crippen molar-refractivity contribution in [2.24, 2.45) is 0 Å². The van der Waals surface area contributed by atoms with Gasteiger partial charge in [-0.2, -0.15) is 5.21 Å². The van der Waals surface area contributed by atoms with E-state index in [1.165, 1.54) is 36.0 Å². The van der Waals surface area contributed by atoms with E-state index in [1.54, 1.807) is 0 Å². The quantitative estimate of drug-likeness (QED) is 0.772. The highest BCUT2D eigenvalue weighted by Crippen LogP contribution is 2.33. The molecule has 4 rings (SSSR count). The van der Waals surface area contributed by atoms with Crippen LogP contribution < -0.4 is 0 Å². The first-order valence-electron chi connectivity index (χ1n) is 6.87. The van der Waals surface area contributed by atoms with Crippen LogP contribution in [0.2, 0.25) is 0 Å². The van der Waals surface area contributed by atoms with Crippen LogP contribution in [0.1, 0.15) is 17.5 Å². The molecule has 0 unspecified atom stereocenters. The number of H-pyrrole nitrogens is 1. The highest BCUT2D eigenvalue weighted by atomic mass is 15.5. The highest BCUT2D eigenvalue weighted by molar-refractivity contribution is 5.80. The maximum absolute atomic E-state index is 4.10. The Labute approximate surface area is 116 Å². The number of nitrogens with zero attached hydrogens (tertiary/aromatic N) is 3. The van der Waals surface area contributed by atoms with Crippen LogP contribution in [0.4, 0.5) is 0 Å². The average Bonchev–Trinajstić information content (AvgIpc) is 3.18. The molecule has 0 bridgehead atoms. The Hall–Kier alpha value is -2.49. The molecule has 0 fully saturated rings. The number of nitrogens with one attached hydrogen (secondary N) is 1. The molecule has 0 saturated heterocycles. The normalized spacial score (nSPS) is 13.4. The third-order valence-electron chi connectivity index (χ3n) is 3.92. The van der Waals surface area contributed by atoms with Gasteiger partial charge in [0.2, 0.25) is 5.82 Å². The summed E-state index contributed by atoms with van der Waals surface area (Å²) in [7, 11) is 0. The number of benzene rings is 2. The fourth-order valence-electron chi connectivity index (χ4n) is 2.95. The molecule has 0 amide bonds. The lowest BCUT2D eigenvalue weighted by Gasteiger charge is -2.08. The van der Waals surface area contributed by atoms with Gasteiger partial charge in [-0.3, -0.25) is 0 Å². The molecular formula is C16H14N4. The van der Waals surface area contributed by atoms with Crippen molar-refractivity contribution < 1.29 is 0 Å². The van der Waals surface area contributed by atoms with Gasteiger partial charge in [-0.05, 0) is 46.7 Å². The zero-order chi connectivity index (χ0) is 13.4. The summed E-state index contributed by atoms with van der Waals surface area (Å²) in [5, 5.41) is 14.4. The summed E-state index contributed by atoms with van der Waals surface area (Å²) >= 11 is 0. The molecule has 3 aromatic rings. The molecule has 98 valence electrons. The van der Waals surface area contributed by atoms with Crippen molar-refractivity contribution in [2.75, 3.05) is 0 Å². The minimum Gasteiger partial charge on any atom is -0.177 e. The fraction of sp³-hybridized carbons (Fsp3) is 0.188. The zero-order valence-corrected chi connectivity index (χ0v) is 11.0. The maximum atomic E-state index is 4.10. The van der Waals surface area contributed by atoms with Crippen molar-refractivity contribution in [3.05, 3.63) is 53.6 Å². The van der Waals surface area contributed by atoms with Crippen molar-refractivity contribution in [3.63, 3.8) is 0 Å². The van der Waals surface area contributed by atoms with Gasteiger partial charge in [-0.1, -0.05) is 42.5 Å². The van der Waals surface area contributed by atoms with E-state index < -0.39 is 0 Å². The van der Waals surface area contributed by atoms with Gasteiger partial charge < -0.3 is 0 Å². The molecule has 1 aliphatic carbocycles. The van der Waals surface area contributed by atoms with E-state index in [4.69, 9.17) is 0 Å². The van der Waals surface area contributed by atoms with Gasteiger partial charge in [-0.15, -0.1) is 10.2 Å². The second-order valence-corrected chi connectivity index (χ2v) is 5.12. The number of hydrogen-bond acceptors (Lipinski definition) is 3. The van der Waals surface area contributed by atoms with Gasteiger partial charge in [0.1, 0.15) is 0 Å². The molecule has 0 spiro atoms. The van der Waals surface area contributed by atoms with Crippen LogP contribution >= 0.6 is 0 Å². The van der Waals surface area contributed by atoms with Crippen LogP contribution in [0.3, 0.4) is 0 Å². The number of rotatable bonds is 2. The molecule has 4 nitrogen and oxygen atoms in total. The maximum Gasteiger partial charge on any atom is 0.205 e.